The van der Waals surface area contributed by atoms with E-state index >= 15 is 0 Å². The molecule has 14 nitrogen and oxygen atoms in total. The average Bonchev–Trinajstić information content (AvgIpc) is 2.64. The molecule has 0 bridgehead atoms. The van der Waals surface area contributed by atoms with E-state index in [1.165, 1.54) is 6.92 Å². The highest BCUT2D eigenvalue weighted by Crippen LogP contribution is 2.04. The van der Waals surface area contributed by atoms with Gasteiger partial charge in [0.15, 0.2) is 0 Å². The molecule has 0 aliphatic carbocycles. The van der Waals surface area contributed by atoms with Crippen LogP contribution in [-0.4, -0.2) is 81.7 Å². The van der Waals surface area contributed by atoms with Gasteiger partial charge in [0.25, 0.3) is 0 Å². The van der Waals surface area contributed by atoms with Crippen LogP contribution >= 0.6 is 0 Å². The zero-order valence-electron chi connectivity index (χ0n) is 16.3. The van der Waals surface area contributed by atoms with E-state index in [1.54, 1.807) is 0 Å². The lowest BCUT2D eigenvalue weighted by Crippen LogP contribution is -2.57. The van der Waals surface area contributed by atoms with E-state index in [0.29, 0.717) is 0 Å². The monoisotopic (exact) mass is 433 g/mol. The van der Waals surface area contributed by atoms with Crippen LogP contribution in [0.15, 0.2) is 0 Å². The number of carbonyl (C=O) groups is 6. The zero-order chi connectivity index (χ0) is 23.4. The lowest BCUT2D eigenvalue weighted by atomic mass is 10.1. The highest BCUT2D eigenvalue weighted by Gasteiger charge is 2.29. The molecule has 170 valence electrons. The van der Waals surface area contributed by atoms with Gasteiger partial charge in [-0.2, -0.15) is 0 Å². The number of primary amides is 1. The largest absolute Gasteiger partial charge is 0.481 e. The SMILES string of the molecule is CC(O)C(N)C(=O)NC(CCC(=O)O)C(=O)NC(CCC(N)=O)C(=O)NCC(=O)O. The van der Waals surface area contributed by atoms with Gasteiger partial charge in [0, 0.05) is 12.8 Å². The number of aliphatic hydroxyl groups excluding tert-OH is 1. The fourth-order valence-electron chi connectivity index (χ4n) is 2.14. The van der Waals surface area contributed by atoms with Gasteiger partial charge in [-0.05, 0) is 19.8 Å². The second kappa shape index (κ2) is 13.1. The van der Waals surface area contributed by atoms with Gasteiger partial charge in [-0.3, -0.25) is 28.8 Å². The molecule has 0 aliphatic heterocycles. The summed E-state index contributed by atoms with van der Waals surface area (Å²) in [6.45, 7) is 0.493. The normalized spacial score (nSPS) is 14.5. The standard InChI is InChI=1S/C16H27N5O9/c1-7(22)13(18)16(30)21-9(3-5-11(24)25)15(29)20-8(2-4-10(17)23)14(28)19-6-12(26)27/h7-9,13,22H,2-6,18H2,1H3,(H2,17,23)(H,19,28)(H,20,29)(H,21,30)(H,24,25)(H,26,27). The van der Waals surface area contributed by atoms with Crippen LogP contribution < -0.4 is 27.4 Å². The first-order valence-corrected chi connectivity index (χ1v) is 8.89. The maximum atomic E-state index is 12.5. The van der Waals surface area contributed by atoms with Crippen LogP contribution in [0.3, 0.4) is 0 Å². The molecule has 0 aromatic rings. The molecule has 0 spiro atoms. The topological polar surface area (TPSA) is 251 Å². The summed E-state index contributed by atoms with van der Waals surface area (Å²) < 4.78 is 0. The number of carbonyl (C=O) groups excluding carboxylic acids is 4. The van der Waals surface area contributed by atoms with Crippen molar-refractivity contribution in [1.29, 1.82) is 0 Å². The van der Waals surface area contributed by atoms with E-state index in [9.17, 15) is 33.9 Å². The molecular weight excluding hydrogens is 406 g/mol. The summed E-state index contributed by atoms with van der Waals surface area (Å²) in [6.07, 6.45) is -2.71. The van der Waals surface area contributed by atoms with E-state index in [1.807, 2.05) is 5.32 Å². The highest BCUT2D eigenvalue weighted by molar-refractivity contribution is 5.94. The number of carboxylic acids is 2. The smallest absolute Gasteiger partial charge is 0.322 e. The fourth-order valence-corrected chi connectivity index (χ4v) is 2.14. The van der Waals surface area contributed by atoms with Crippen LogP contribution in [0, 0.1) is 0 Å². The number of amides is 4. The molecule has 0 aromatic carbocycles. The zero-order valence-corrected chi connectivity index (χ0v) is 16.3. The second-order valence-electron chi connectivity index (χ2n) is 6.44. The van der Waals surface area contributed by atoms with Crippen molar-refractivity contribution in [2.45, 2.75) is 56.8 Å². The van der Waals surface area contributed by atoms with Gasteiger partial charge >= 0.3 is 11.9 Å². The van der Waals surface area contributed by atoms with Crippen LogP contribution in [0.25, 0.3) is 0 Å². The lowest BCUT2D eigenvalue weighted by Gasteiger charge is -2.24. The summed E-state index contributed by atoms with van der Waals surface area (Å²) in [6, 6.07) is -4.20. The Hall–Kier alpha value is -3.26. The molecule has 0 aromatic heterocycles. The Morgan fingerprint density at radius 3 is 1.80 bits per heavy atom. The fraction of sp³-hybridized carbons (Fsp3) is 0.625. The van der Waals surface area contributed by atoms with E-state index in [0.717, 1.165) is 0 Å². The summed E-state index contributed by atoms with van der Waals surface area (Å²) in [5.41, 5.74) is 10.5. The Morgan fingerprint density at radius 2 is 1.33 bits per heavy atom. The van der Waals surface area contributed by atoms with Crippen molar-refractivity contribution in [3.05, 3.63) is 0 Å². The molecule has 0 radical (unpaired) electrons. The molecule has 30 heavy (non-hydrogen) atoms. The van der Waals surface area contributed by atoms with Crippen LogP contribution in [0.1, 0.15) is 32.6 Å². The summed E-state index contributed by atoms with van der Waals surface area (Å²) in [4.78, 5) is 69.1. The maximum absolute atomic E-state index is 12.5. The molecule has 0 saturated carbocycles. The summed E-state index contributed by atoms with van der Waals surface area (Å²) in [5, 5.41) is 33.3. The molecule has 0 aliphatic rings. The number of nitrogens with one attached hydrogen (secondary N) is 3. The van der Waals surface area contributed by atoms with Gasteiger partial charge in [0.05, 0.1) is 6.10 Å². The number of hydrogen-bond donors (Lipinski definition) is 8. The van der Waals surface area contributed by atoms with Crippen molar-refractivity contribution < 1.29 is 44.1 Å². The molecule has 4 atom stereocenters. The number of nitrogens with two attached hydrogens (primary N) is 2. The first-order valence-electron chi connectivity index (χ1n) is 8.89. The molecule has 0 heterocycles. The van der Waals surface area contributed by atoms with Gasteiger partial charge < -0.3 is 42.7 Å². The Kier molecular flexibility index (Phi) is 11.6. The van der Waals surface area contributed by atoms with Crippen molar-refractivity contribution in [2.75, 3.05) is 6.54 Å². The summed E-state index contributed by atoms with van der Waals surface area (Å²) >= 11 is 0. The number of rotatable bonds is 14. The predicted octanol–water partition coefficient (Wildman–Crippen LogP) is -4.00. The number of hydrogen-bond acceptors (Lipinski definition) is 8. The number of carboxylic acid groups (broad SMARTS) is 2. The third kappa shape index (κ3) is 10.9. The first kappa shape index (κ1) is 26.7. The Bertz CT molecular complexity index is 667. The predicted molar refractivity (Wildman–Crippen MR) is 99.5 cm³/mol. The lowest BCUT2D eigenvalue weighted by molar-refractivity contribution is -0.139. The first-order chi connectivity index (χ1) is 13.8. The van der Waals surface area contributed by atoms with Crippen molar-refractivity contribution in [3.63, 3.8) is 0 Å². The minimum atomic E-state index is -1.43. The van der Waals surface area contributed by atoms with Crippen molar-refractivity contribution in [3.8, 4) is 0 Å². The Morgan fingerprint density at radius 1 is 0.833 bits per heavy atom. The quantitative estimate of drug-likeness (QED) is 0.132. The molecule has 4 unspecified atom stereocenters. The van der Waals surface area contributed by atoms with Gasteiger partial charge in [-0.15, -0.1) is 0 Å². The molecule has 0 rings (SSSR count). The van der Waals surface area contributed by atoms with E-state index in [-0.39, 0.29) is 19.3 Å². The number of aliphatic carboxylic acids is 2. The van der Waals surface area contributed by atoms with Gasteiger partial charge in [-0.25, -0.2) is 0 Å². The van der Waals surface area contributed by atoms with Crippen LogP contribution in [0.5, 0.6) is 0 Å². The van der Waals surface area contributed by atoms with Gasteiger partial charge in [0.2, 0.25) is 23.6 Å². The molecule has 10 N–H and O–H groups in total. The third-order valence-corrected chi connectivity index (χ3v) is 3.83. The summed E-state index contributed by atoms with van der Waals surface area (Å²) in [5.74, 6) is -6.20. The maximum Gasteiger partial charge on any atom is 0.322 e. The van der Waals surface area contributed by atoms with Crippen molar-refractivity contribution in [1.82, 2.24) is 16.0 Å². The third-order valence-electron chi connectivity index (χ3n) is 3.83. The van der Waals surface area contributed by atoms with Crippen molar-refractivity contribution in [2.24, 2.45) is 11.5 Å². The van der Waals surface area contributed by atoms with Crippen molar-refractivity contribution >= 4 is 35.6 Å². The van der Waals surface area contributed by atoms with Gasteiger partial charge in [0.1, 0.15) is 24.7 Å². The minimum absolute atomic E-state index is 0.265. The van der Waals surface area contributed by atoms with E-state index < -0.39 is 72.8 Å². The van der Waals surface area contributed by atoms with Crippen LogP contribution in [-0.2, 0) is 28.8 Å². The molecule has 0 saturated heterocycles. The Balaban J connectivity index is 5.36. The molecular formula is C16H27N5O9. The molecule has 0 fully saturated rings. The van der Waals surface area contributed by atoms with Gasteiger partial charge in [-0.1, -0.05) is 0 Å². The van der Waals surface area contributed by atoms with Crippen LogP contribution in [0.4, 0.5) is 0 Å². The summed E-state index contributed by atoms with van der Waals surface area (Å²) in [7, 11) is 0. The Labute approximate surface area is 171 Å². The average molecular weight is 433 g/mol. The highest BCUT2D eigenvalue weighted by atomic mass is 16.4. The minimum Gasteiger partial charge on any atom is -0.481 e. The van der Waals surface area contributed by atoms with E-state index in [2.05, 4.69) is 10.6 Å². The molecule has 14 heteroatoms. The number of aliphatic hydroxyl groups is 1. The van der Waals surface area contributed by atoms with E-state index in [4.69, 9.17) is 21.7 Å². The van der Waals surface area contributed by atoms with Crippen LogP contribution in [0.2, 0.25) is 0 Å². The second-order valence-corrected chi connectivity index (χ2v) is 6.44. The molecule has 4 amide bonds.